The molecule has 0 spiro atoms. The van der Waals surface area contributed by atoms with Crippen LogP contribution in [-0.2, 0) is 10.4 Å². The molecule has 0 aromatic heterocycles. The Morgan fingerprint density at radius 1 is 0.963 bits per heavy atom. The Morgan fingerprint density at radius 3 is 1.78 bits per heavy atom. The number of carboxylic acid groups (broad SMARTS) is 1. The van der Waals surface area contributed by atoms with Gasteiger partial charge in [0, 0.05) is 0 Å². The van der Waals surface area contributed by atoms with Crippen molar-refractivity contribution in [2.75, 3.05) is 0 Å². The molecule has 0 heterocycles. The summed E-state index contributed by atoms with van der Waals surface area (Å²) in [6, 6.07) is 5.06. The van der Waals surface area contributed by atoms with E-state index in [2.05, 4.69) is 25.0 Å². The molecule has 0 saturated carbocycles. The SMILES string of the molecule is CCC[CH2][Sn]([CH2]CCC)[CH2]CCC.O=C(O)c1ccccc1OS(=O)(=O)O. The molecular formula is C19H33O6SSn. The van der Waals surface area contributed by atoms with Crippen molar-refractivity contribution >= 4 is 36.1 Å². The first kappa shape index (κ1) is 26.2. The molecule has 1 rings (SSSR count). The quantitative estimate of drug-likeness (QED) is 0.288. The van der Waals surface area contributed by atoms with Crippen LogP contribution in [0.2, 0.25) is 13.3 Å². The maximum atomic E-state index is 10.6. The van der Waals surface area contributed by atoms with Crippen LogP contribution in [0.3, 0.4) is 0 Å². The van der Waals surface area contributed by atoms with Gasteiger partial charge in [-0.2, -0.15) is 8.42 Å². The second-order valence-electron chi connectivity index (χ2n) is 6.37. The molecule has 155 valence electrons. The fourth-order valence-corrected chi connectivity index (χ4v) is 12.3. The van der Waals surface area contributed by atoms with E-state index in [-0.39, 0.29) is 5.56 Å². The first-order chi connectivity index (χ1) is 12.7. The third-order valence-electron chi connectivity index (χ3n) is 3.96. The van der Waals surface area contributed by atoms with Crippen molar-refractivity contribution in [2.24, 2.45) is 0 Å². The number of unbranched alkanes of at least 4 members (excludes halogenated alkanes) is 3. The predicted molar refractivity (Wildman–Crippen MR) is 110 cm³/mol. The molecule has 8 heteroatoms. The molecule has 0 unspecified atom stereocenters. The van der Waals surface area contributed by atoms with E-state index in [4.69, 9.17) is 9.66 Å². The molecule has 0 aliphatic heterocycles. The van der Waals surface area contributed by atoms with Gasteiger partial charge in [0.2, 0.25) is 0 Å². The van der Waals surface area contributed by atoms with E-state index >= 15 is 0 Å². The molecule has 1 aromatic carbocycles. The van der Waals surface area contributed by atoms with Gasteiger partial charge in [-0.05, 0) is 12.1 Å². The monoisotopic (exact) mass is 509 g/mol. The number of hydrogen-bond donors (Lipinski definition) is 2. The fraction of sp³-hybridized carbons (Fsp3) is 0.632. The van der Waals surface area contributed by atoms with E-state index in [9.17, 15) is 13.2 Å². The Hall–Kier alpha value is -0.801. The van der Waals surface area contributed by atoms with Crippen molar-refractivity contribution in [3.05, 3.63) is 29.8 Å². The summed E-state index contributed by atoms with van der Waals surface area (Å²) in [4.78, 5) is 10.6. The summed E-state index contributed by atoms with van der Waals surface area (Å²) in [7, 11) is -4.70. The normalized spacial score (nSPS) is 11.0. The summed E-state index contributed by atoms with van der Waals surface area (Å²) in [5.41, 5.74) is -0.342. The van der Waals surface area contributed by atoms with E-state index in [1.807, 2.05) is 0 Å². The molecular weight excluding hydrogens is 475 g/mol. The van der Waals surface area contributed by atoms with Crippen LogP contribution in [0, 0.1) is 0 Å². The second kappa shape index (κ2) is 15.2. The number of para-hydroxylation sites is 1. The van der Waals surface area contributed by atoms with Gasteiger partial charge in [-0.15, -0.1) is 0 Å². The van der Waals surface area contributed by atoms with Crippen LogP contribution in [0.5, 0.6) is 5.75 Å². The van der Waals surface area contributed by atoms with E-state index < -0.39 is 41.9 Å². The molecule has 1 radical (unpaired) electrons. The number of carboxylic acids is 1. The number of carbonyl (C=O) groups is 1. The Kier molecular flexibility index (Phi) is 14.7. The average Bonchev–Trinajstić information content (AvgIpc) is 2.60. The van der Waals surface area contributed by atoms with E-state index in [1.165, 1.54) is 50.7 Å². The molecule has 0 aliphatic carbocycles. The number of aromatic carboxylic acids is 1. The molecule has 0 amide bonds. The Morgan fingerprint density at radius 2 is 1.41 bits per heavy atom. The fourth-order valence-electron chi connectivity index (χ4n) is 2.48. The maximum Gasteiger partial charge on any atom is 0.446 e. The molecule has 27 heavy (non-hydrogen) atoms. The third-order valence-corrected chi connectivity index (χ3v) is 13.4. The van der Waals surface area contributed by atoms with Crippen molar-refractivity contribution in [2.45, 2.75) is 72.6 Å². The first-order valence-electron chi connectivity index (χ1n) is 9.57. The van der Waals surface area contributed by atoms with Gasteiger partial charge in [0.25, 0.3) is 0 Å². The van der Waals surface area contributed by atoms with Gasteiger partial charge in [-0.3, -0.25) is 4.55 Å². The predicted octanol–water partition coefficient (Wildman–Crippen LogP) is 5.45. The minimum absolute atomic E-state index is 0.342. The van der Waals surface area contributed by atoms with Gasteiger partial charge in [-0.25, -0.2) is 4.79 Å². The van der Waals surface area contributed by atoms with Crippen LogP contribution in [-0.4, -0.2) is 43.8 Å². The van der Waals surface area contributed by atoms with Gasteiger partial charge in [0.15, 0.2) is 5.75 Å². The van der Waals surface area contributed by atoms with Crippen LogP contribution >= 0.6 is 0 Å². The molecule has 1 aromatic rings. The maximum absolute atomic E-state index is 10.6. The zero-order valence-corrected chi connectivity index (χ0v) is 20.3. The zero-order valence-electron chi connectivity index (χ0n) is 16.6. The summed E-state index contributed by atoms with van der Waals surface area (Å²) in [5, 5.41) is 8.61. The first-order valence-corrected chi connectivity index (χ1v) is 17.0. The van der Waals surface area contributed by atoms with Crippen LogP contribution in [0.1, 0.15) is 69.7 Å². The molecule has 0 aliphatic rings. The Bertz CT molecular complexity index is 614. The third kappa shape index (κ3) is 13.9. The van der Waals surface area contributed by atoms with Crippen molar-refractivity contribution < 1.29 is 27.1 Å². The minimum atomic E-state index is -4.70. The average molecular weight is 508 g/mol. The molecule has 0 saturated heterocycles. The molecule has 0 atom stereocenters. The second-order valence-corrected chi connectivity index (χ2v) is 16.0. The topological polar surface area (TPSA) is 101 Å². The number of rotatable bonds is 12. The Balaban J connectivity index is 0.000000503. The molecule has 6 nitrogen and oxygen atoms in total. The van der Waals surface area contributed by atoms with Gasteiger partial charge in [0.05, 0.1) is 0 Å². The zero-order chi connectivity index (χ0) is 20.7. The largest absolute Gasteiger partial charge is 0.478 e. The molecule has 0 bridgehead atoms. The van der Waals surface area contributed by atoms with Crippen molar-refractivity contribution in [3.8, 4) is 5.75 Å². The van der Waals surface area contributed by atoms with Gasteiger partial charge >= 0.3 is 109 Å². The van der Waals surface area contributed by atoms with E-state index in [0.29, 0.717) is 0 Å². The summed E-state index contributed by atoms with van der Waals surface area (Å²) < 4.78 is 38.0. The van der Waals surface area contributed by atoms with Crippen LogP contribution in [0.4, 0.5) is 0 Å². The van der Waals surface area contributed by atoms with Crippen molar-refractivity contribution in [1.82, 2.24) is 0 Å². The summed E-state index contributed by atoms with van der Waals surface area (Å²) in [5.74, 6) is -1.77. The smallest absolute Gasteiger partial charge is 0.446 e. The van der Waals surface area contributed by atoms with Crippen molar-refractivity contribution in [1.29, 1.82) is 0 Å². The number of hydrogen-bond acceptors (Lipinski definition) is 4. The van der Waals surface area contributed by atoms with Gasteiger partial charge in [-0.1, -0.05) is 12.1 Å². The summed E-state index contributed by atoms with van der Waals surface area (Å²) in [6.45, 7) is 7.00. The van der Waals surface area contributed by atoms with Crippen molar-refractivity contribution in [3.63, 3.8) is 0 Å². The molecule has 0 fully saturated rings. The standard InChI is InChI=1S/C7H6O6S.3C4H9.Sn/c8-7(9)5-3-1-2-4-6(5)13-14(10,11)12;3*1-3-4-2;/h1-4H,(H,8,9)(H,10,11,12);3*1,3-4H2,2H3;. The summed E-state index contributed by atoms with van der Waals surface area (Å²) >= 11 is -0.839. The van der Waals surface area contributed by atoms with Crippen LogP contribution < -0.4 is 4.18 Å². The number of benzene rings is 1. The molecule has 2 N–H and O–H groups in total. The van der Waals surface area contributed by atoms with Gasteiger partial charge in [0.1, 0.15) is 5.56 Å². The van der Waals surface area contributed by atoms with Crippen LogP contribution in [0.15, 0.2) is 24.3 Å². The summed E-state index contributed by atoms with van der Waals surface area (Å²) in [6.07, 6.45) is 8.85. The Labute approximate surface area is 171 Å². The minimum Gasteiger partial charge on any atom is -0.478 e. The van der Waals surface area contributed by atoms with E-state index in [0.717, 1.165) is 12.1 Å². The van der Waals surface area contributed by atoms with E-state index in [1.54, 1.807) is 13.3 Å². The van der Waals surface area contributed by atoms with Crippen LogP contribution in [0.25, 0.3) is 0 Å². The van der Waals surface area contributed by atoms with Gasteiger partial charge < -0.3 is 9.29 Å².